The van der Waals surface area contributed by atoms with Crippen LogP contribution >= 0.6 is 0 Å². The van der Waals surface area contributed by atoms with Gasteiger partial charge in [-0.25, -0.2) is 0 Å². The average molecular weight is 341 g/mol. The second-order valence-corrected chi connectivity index (χ2v) is 6.54. The SMILES string of the molecule is CC(=O)Nc1cn[nH]c1C1CCCN(C(=O)Cc2ccc(C)nc2)C1. The first kappa shape index (κ1) is 17.1. The number of likely N-dealkylation sites (tertiary alicyclic amines) is 1. The number of carbonyl (C=O) groups is 2. The summed E-state index contributed by atoms with van der Waals surface area (Å²) in [5.74, 6) is 0.132. The highest BCUT2D eigenvalue weighted by molar-refractivity contribution is 5.89. The number of amides is 2. The van der Waals surface area contributed by atoms with Crippen molar-refractivity contribution in [3.05, 3.63) is 41.5 Å². The molecule has 0 saturated carbocycles. The Bertz CT molecular complexity index is 753. The van der Waals surface area contributed by atoms with E-state index in [0.29, 0.717) is 18.7 Å². The highest BCUT2D eigenvalue weighted by Crippen LogP contribution is 2.30. The van der Waals surface area contributed by atoms with E-state index in [1.165, 1.54) is 6.92 Å². The average Bonchev–Trinajstić information content (AvgIpc) is 3.04. The molecule has 0 spiro atoms. The van der Waals surface area contributed by atoms with Gasteiger partial charge in [0.15, 0.2) is 0 Å². The molecule has 7 nitrogen and oxygen atoms in total. The fourth-order valence-electron chi connectivity index (χ4n) is 3.23. The quantitative estimate of drug-likeness (QED) is 0.890. The molecule has 1 atom stereocenters. The smallest absolute Gasteiger partial charge is 0.227 e. The lowest BCUT2D eigenvalue weighted by Gasteiger charge is -2.32. The van der Waals surface area contributed by atoms with Gasteiger partial charge in [0.1, 0.15) is 0 Å². The number of aromatic amines is 1. The summed E-state index contributed by atoms with van der Waals surface area (Å²) in [7, 11) is 0. The van der Waals surface area contributed by atoms with E-state index in [-0.39, 0.29) is 17.7 Å². The third-order valence-corrected chi connectivity index (χ3v) is 4.49. The molecule has 0 radical (unpaired) electrons. The summed E-state index contributed by atoms with van der Waals surface area (Å²) in [6.07, 6.45) is 5.64. The predicted molar refractivity (Wildman–Crippen MR) is 94.1 cm³/mol. The summed E-state index contributed by atoms with van der Waals surface area (Å²) in [5, 5.41) is 9.82. The number of hydrogen-bond donors (Lipinski definition) is 2. The Labute approximate surface area is 146 Å². The third-order valence-electron chi connectivity index (χ3n) is 4.49. The van der Waals surface area contributed by atoms with Crippen LogP contribution in [0, 0.1) is 6.92 Å². The van der Waals surface area contributed by atoms with Crippen LogP contribution in [-0.2, 0) is 16.0 Å². The molecule has 7 heteroatoms. The van der Waals surface area contributed by atoms with Crippen molar-refractivity contribution in [3.8, 4) is 0 Å². The number of hydrogen-bond acceptors (Lipinski definition) is 4. The van der Waals surface area contributed by atoms with Gasteiger partial charge in [-0.1, -0.05) is 6.07 Å². The number of aryl methyl sites for hydroxylation is 1. The first-order valence-corrected chi connectivity index (χ1v) is 8.53. The van der Waals surface area contributed by atoms with Crippen LogP contribution in [0.5, 0.6) is 0 Å². The second kappa shape index (κ2) is 7.46. The van der Waals surface area contributed by atoms with E-state index in [2.05, 4.69) is 20.5 Å². The topological polar surface area (TPSA) is 91.0 Å². The van der Waals surface area contributed by atoms with Crippen molar-refractivity contribution >= 4 is 17.5 Å². The van der Waals surface area contributed by atoms with Crippen molar-refractivity contribution in [2.75, 3.05) is 18.4 Å². The lowest BCUT2D eigenvalue weighted by Crippen LogP contribution is -2.40. The Morgan fingerprint density at radius 3 is 2.92 bits per heavy atom. The normalized spacial score (nSPS) is 17.4. The number of nitrogens with zero attached hydrogens (tertiary/aromatic N) is 3. The Morgan fingerprint density at radius 2 is 2.20 bits per heavy atom. The number of anilines is 1. The first-order valence-electron chi connectivity index (χ1n) is 8.53. The Balaban J connectivity index is 1.66. The molecule has 1 aliphatic heterocycles. The number of carbonyl (C=O) groups excluding carboxylic acids is 2. The number of H-pyrrole nitrogens is 1. The van der Waals surface area contributed by atoms with E-state index >= 15 is 0 Å². The fourth-order valence-corrected chi connectivity index (χ4v) is 3.23. The summed E-state index contributed by atoms with van der Waals surface area (Å²) >= 11 is 0. The van der Waals surface area contributed by atoms with Crippen molar-refractivity contribution in [2.45, 2.75) is 39.0 Å². The first-order chi connectivity index (χ1) is 12.0. The summed E-state index contributed by atoms with van der Waals surface area (Å²) in [6.45, 7) is 4.80. The van der Waals surface area contributed by atoms with E-state index < -0.39 is 0 Å². The molecule has 1 fully saturated rings. The zero-order chi connectivity index (χ0) is 17.8. The molecule has 132 valence electrons. The molecular weight excluding hydrogens is 318 g/mol. The van der Waals surface area contributed by atoms with Crippen LogP contribution in [0.25, 0.3) is 0 Å². The van der Waals surface area contributed by atoms with E-state index in [4.69, 9.17) is 0 Å². The summed E-state index contributed by atoms with van der Waals surface area (Å²) in [5.41, 5.74) is 3.47. The van der Waals surface area contributed by atoms with Gasteiger partial charge in [-0.15, -0.1) is 0 Å². The largest absolute Gasteiger partial charge is 0.342 e. The van der Waals surface area contributed by atoms with Crippen LogP contribution in [0.1, 0.15) is 42.6 Å². The van der Waals surface area contributed by atoms with E-state index in [1.807, 2.05) is 24.0 Å². The number of piperidine rings is 1. The van der Waals surface area contributed by atoms with Gasteiger partial charge >= 0.3 is 0 Å². The standard InChI is InChI=1S/C18H23N5O2/c1-12-5-6-14(9-19-12)8-17(25)23-7-3-4-15(11-23)18-16(10-20-22-18)21-13(2)24/h5-6,9-10,15H,3-4,7-8,11H2,1-2H3,(H,20,22)(H,21,24). The minimum atomic E-state index is -0.127. The second-order valence-electron chi connectivity index (χ2n) is 6.54. The van der Waals surface area contributed by atoms with Crippen LogP contribution in [0.3, 0.4) is 0 Å². The molecule has 2 aromatic heterocycles. The molecule has 0 aromatic carbocycles. The molecular formula is C18H23N5O2. The Hall–Kier alpha value is -2.70. The molecule has 25 heavy (non-hydrogen) atoms. The monoisotopic (exact) mass is 341 g/mol. The Morgan fingerprint density at radius 1 is 1.36 bits per heavy atom. The van der Waals surface area contributed by atoms with Crippen LogP contribution in [0.2, 0.25) is 0 Å². The van der Waals surface area contributed by atoms with Gasteiger partial charge in [-0.3, -0.25) is 19.7 Å². The summed E-state index contributed by atoms with van der Waals surface area (Å²) in [4.78, 5) is 30.1. The highest BCUT2D eigenvalue weighted by Gasteiger charge is 2.27. The zero-order valence-electron chi connectivity index (χ0n) is 14.6. The van der Waals surface area contributed by atoms with Gasteiger partial charge in [-0.2, -0.15) is 5.10 Å². The number of pyridine rings is 1. The van der Waals surface area contributed by atoms with Gasteiger partial charge in [-0.05, 0) is 31.4 Å². The van der Waals surface area contributed by atoms with Gasteiger partial charge in [0, 0.05) is 37.8 Å². The number of rotatable bonds is 4. The molecule has 0 bridgehead atoms. The maximum absolute atomic E-state index is 12.6. The lowest BCUT2D eigenvalue weighted by atomic mass is 9.93. The maximum Gasteiger partial charge on any atom is 0.227 e. The predicted octanol–water partition coefficient (Wildman–Crippen LogP) is 2.02. The van der Waals surface area contributed by atoms with Crippen LogP contribution in [0.4, 0.5) is 5.69 Å². The molecule has 0 aliphatic carbocycles. The zero-order valence-corrected chi connectivity index (χ0v) is 14.6. The molecule has 2 amide bonds. The summed E-state index contributed by atoms with van der Waals surface area (Å²) in [6, 6.07) is 3.87. The number of nitrogens with one attached hydrogen (secondary N) is 2. The van der Waals surface area contributed by atoms with Crippen molar-refractivity contribution in [3.63, 3.8) is 0 Å². The van der Waals surface area contributed by atoms with Crippen LogP contribution in [0.15, 0.2) is 24.5 Å². The van der Waals surface area contributed by atoms with Gasteiger partial charge < -0.3 is 10.2 Å². The minimum absolute atomic E-state index is 0.107. The highest BCUT2D eigenvalue weighted by atomic mass is 16.2. The van der Waals surface area contributed by atoms with Gasteiger partial charge in [0.2, 0.25) is 11.8 Å². The van der Waals surface area contributed by atoms with E-state index in [9.17, 15) is 9.59 Å². The van der Waals surface area contributed by atoms with Crippen molar-refractivity contribution in [2.24, 2.45) is 0 Å². The van der Waals surface area contributed by atoms with Crippen molar-refractivity contribution in [1.82, 2.24) is 20.1 Å². The molecule has 2 aromatic rings. The van der Waals surface area contributed by atoms with Gasteiger partial charge in [0.05, 0.1) is 24.0 Å². The summed E-state index contributed by atoms with van der Waals surface area (Å²) < 4.78 is 0. The van der Waals surface area contributed by atoms with Crippen molar-refractivity contribution < 1.29 is 9.59 Å². The molecule has 3 heterocycles. The molecule has 1 aliphatic rings. The maximum atomic E-state index is 12.6. The number of aromatic nitrogens is 3. The molecule has 3 rings (SSSR count). The molecule has 1 saturated heterocycles. The van der Waals surface area contributed by atoms with E-state index in [0.717, 1.165) is 36.3 Å². The third kappa shape index (κ3) is 4.23. The molecule has 1 unspecified atom stereocenters. The van der Waals surface area contributed by atoms with Crippen LogP contribution < -0.4 is 5.32 Å². The molecule has 2 N–H and O–H groups in total. The minimum Gasteiger partial charge on any atom is -0.342 e. The van der Waals surface area contributed by atoms with Crippen molar-refractivity contribution in [1.29, 1.82) is 0 Å². The van der Waals surface area contributed by atoms with Crippen LogP contribution in [-0.4, -0.2) is 45.0 Å². The van der Waals surface area contributed by atoms with Gasteiger partial charge in [0.25, 0.3) is 0 Å². The Kier molecular flexibility index (Phi) is 5.11. The lowest BCUT2D eigenvalue weighted by molar-refractivity contribution is -0.131. The fraction of sp³-hybridized carbons (Fsp3) is 0.444. The van der Waals surface area contributed by atoms with E-state index in [1.54, 1.807) is 12.4 Å².